The second kappa shape index (κ2) is 7.30. The Kier molecular flexibility index (Phi) is 4.94. The van der Waals surface area contributed by atoms with Crippen LogP contribution >= 0.6 is 0 Å². The van der Waals surface area contributed by atoms with Crippen molar-refractivity contribution in [3.8, 4) is 0 Å². The van der Waals surface area contributed by atoms with Gasteiger partial charge >= 0.3 is 0 Å². The van der Waals surface area contributed by atoms with Gasteiger partial charge < -0.3 is 4.90 Å². The van der Waals surface area contributed by atoms with E-state index < -0.39 is 22.0 Å². The van der Waals surface area contributed by atoms with E-state index in [1.807, 2.05) is 38.1 Å². The van der Waals surface area contributed by atoms with Crippen LogP contribution in [0.3, 0.4) is 0 Å². The van der Waals surface area contributed by atoms with Crippen molar-refractivity contribution in [3.05, 3.63) is 59.2 Å². The third-order valence-corrected chi connectivity index (χ3v) is 7.68. The van der Waals surface area contributed by atoms with Gasteiger partial charge in [-0.15, -0.1) is 0 Å². The van der Waals surface area contributed by atoms with Crippen molar-refractivity contribution >= 4 is 27.5 Å². The topological polar surface area (TPSA) is 74.8 Å². The Morgan fingerprint density at radius 1 is 1.03 bits per heavy atom. The minimum Gasteiger partial charge on any atom is -0.310 e. The summed E-state index contributed by atoms with van der Waals surface area (Å²) in [5.74, 6) is -0.845. The van der Waals surface area contributed by atoms with Crippen LogP contribution in [0.1, 0.15) is 36.0 Å². The monoisotopic (exact) mass is 412 g/mol. The number of rotatable bonds is 3. The molecule has 0 aliphatic carbocycles. The van der Waals surface area contributed by atoms with E-state index >= 15 is 0 Å². The molecule has 1 saturated heterocycles. The second-order valence-corrected chi connectivity index (χ2v) is 9.53. The minimum atomic E-state index is -4.10. The van der Waals surface area contributed by atoms with Gasteiger partial charge in [0.25, 0.3) is 15.9 Å². The predicted molar refractivity (Wildman–Crippen MR) is 110 cm³/mol. The van der Waals surface area contributed by atoms with Gasteiger partial charge in [-0.3, -0.25) is 9.59 Å². The molecule has 2 aromatic rings. The molecule has 29 heavy (non-hydrogen) atoms. The molecule has 0 unspecified atom stereocenters. The molecule has 4 rings (SSSR count). The van der Waals surface area contributed by atoms with Crippen LogP contribution in [0, 0.1) is 13.8 Å². The molecule has 2 heterocycles. The molecule has 7 heteroatoms. The largest absolute Gasteiger partial charge is 0.310 e. The number of fused-ring (bicyclic) bond motifs is 1. The van der Waals surface area contributed by atoms with E-state index in [2.05, 4.69) is 0 Å². The third kappa shape index (κ3) is 3.33. The van der Waals surface area contributed by atoms with Gasteiger partial charge in [0.15, 0.2) is 0 Å². The van der Waals surface area contributed by atoms with E-state index in [0.29, 0.717) is 6.54 Å². The number of hydrogen-bond donors (Lipinski definition) is 0. The quantitative estimate of drug-likeness (QED) is 0.777. The zero-order chi connectivity index (χ0) is 20.8. The summed E-state index contributed by atoms with van der Waals surface area (Å²) in [4.78, 5) is 27.6. The summed E-state index contributed by atoms with van der Waals surface area (Å²) in [5, 5.41) is 0. The van der Waals surface area contributed by atoms with Gasteiger partial charge in [-0.1, -0.05) is 24.3 Å². The van der Waals surface area contributed by atoms with Gasteiger partial charge in [0.05, 0.1) is 4.90 Å². The lowest BCUT2D eigenvalue weighted by Crippen LogP contribution is -2.50. The molecule has 2 aliphatic heterocycles. The molecule has 0 spiro atoms. The van der Waals surface area contributed by atoms with Crippen LogP contribution in [0.2, 0.25) is 0 Å². The number of para-hydroxylation sites is 1. The van der Waals surface area contributed by atoms with Gasteiger partial charge in [0.1, 0.15) is 6.04 Å². The molecule has 2 aliphatic rings. The lowest BCUT2D eigenvalue weighted by molar-refractivity contribution is -0.129. The Morgan fingerprint density at radius 2 is 1.79 bits per heavy atom. The minimum absolute atomic E-state index is 0.0488. The zero-order valence-electron chi connectivity index (χ0n) is 16.6. The summed E-state index contributed by atoms with van der Waals surface area (Å²) in [5.41, 5.74) is 3.67. The number of carbonyl (C=O) groups is 2. The molecule has 0 radical (unpaired) electrons. The molecule has 2 aromatic carbocycles. The number of benzene rings is 2. The van der Waals surface area contributed by atoms with Gasteiger partial charge in [-0.2, -0.15) is 0 Å². The standard InChI is InChI=1S/C22H24N2O4S/c1-15-9-10-18(14-16(15)2)29(27,28)24-20(11-12-21(24)25)22(26)23-13-5-7-17-6-3-4-8-19(17)23/h3-4,6,8-10,14,20H,5,7,11-13H2,1-2H3/t20-/m0/s1. The lowest BCUT2D eigenvalue weighted by Gasteiger charge is -2.33. The van der Waals surface area contributed by atoms with Crippen molar-refractivity contribution in [3.63, 3.8) is 0 Å². The molecule has 0 saturated carbocycles. The van der Waals surface area contributed by atoms with Crippen LogP contribution in [-0.4, -0.2) is 37.1 Å². The van der Waals surface area contributed by atoms with Crippen molar-refractivity contribution in [2.75, 3.05) is 11.4 Å². The molecule has 0 aromatic heterocycles. The molecule has 152 valence electrons. The second-order valence-electron chi connectivity index (χ2n) is 7.72. The molecule has 1 atom stereocenters. The number of anilines is 1. The summed E-state index contributed by atoms with van der Waals surface area (Å²) in [7, 11) is -4.10. The van der Waals surface area contributed by atoms with Gasteiger partial charge in [0, 0.05) is 18.7 Å². The van der Waals surface area contributed by atoms with Crippen LogP contribution in [0.4, 0.5) is 5.69 Å². The Bertz CT molecular complexity index is 1090. The van der Waals surface area contributed by atoms with Crippen LogP contribution in [-0.2, 0) is 26.0 Å². The maximum Gasteiger partial charge on any atom is 0.267 e. The summed E-state index contributed by atoms with van der Waals surface area (Å²) in [6.45, 7) is 4.25. The van der Waals surface area contributed by atoms with Gasteiger partial charge in [-0.25, -0.2) is 12.7 Å². The highest BCUT2D eigenvalue weighted by Crippen LogP contribution is 2.33. The molecular weight excluding hydrogens is 388 g/mol. The zero-order valence-corrected chi connectivity index (χ0v) is 17.4. The number of carbonyl (C=O) groups excluding carboxylic acids is 2. The predicted octanol–water partition coefficient (Wildman–Crippen LogP) is 2.96. The van der Waals surface area contributed by atoms with Crippen LogP contribution in [0.15, 0.2) is 47.4 Å². The van der Waals surface area contributed by atoms with E-state index in [1.54, 1.807) is 17.0 Å². The maximum atomic E-state index is 13.4. The Balaban J connectivity index is 1.70. The van der Waals surface area contributed by atoms with Crippen LogP contribution in [0.25, 0.3) is 0 Å². The number of hydrogen-bond acceptors (Lipinski definition) is 4. The average molecular weight is 413 g/mol. The summed E-state index contributed by atoms with van der Waals surface area (Å²) < 4.78 is 27.4. The van der Waals surface area contributed by atoms with E-state index in [0.717, 1.165) is 39.5 Å². The Labute approximate surface area is 171 Å². The fourth-order valence-electron chi connectivity index (χ4n) is 4.12. The average Bonchev–Trinajstić information content (AvgIpc) is 3.11. The molecule has 0 N–H and O–H groups in total. The maximum absolute atomic E-state index is 13.4. The highest BCUT2D eigenvalue weighted by molar-refractivity contribution is 7.89. The molecule has 0 bridgehead atoms. The Hall–Kier alpha value is -2.67. The summed E-state index contributed by atoms with van der Waals surface area (Å²) >= 11 is 0. The molecule has 1 fully saturated rings. The fourth-order valence-corrected chi connectivity index (χ4v) is 5.80. The van der Waals surface area contributed by atoms with Crippen molar-refractivity contribution in [1.29, 1.82) is 0 Å². The number of aryl methyl sites for hydroxylation is 3. The summed E-state index contributed by atoms with van der Waals surface area (Å²) in [6.07, 6.45) is 1.96. The first kappa shape index (κ1) is 19.6. The number of sulfonamides is 1. The lowest BCUT2D eigenvalue weighted by atomic mass is 10.0. The number of amides is 2. The number of nitrogens with zero attached hydrogens (tertiary/aromatic N) is 2. The highest BCUT2D eigenvalue weighted by Gasteiger charge is 2.46. The molecule has 6 nitrogen and oxygen atoms in total. The summed E-state index contributed by atoms with van der Waals surface area (Å²) in [6, 6.07) is 11.5. The van der Waals surface area contributed by atoms with E-state index in [1.165, 1.54) is 6.07 Å². The van der Waals surface area contributed by atoms with Crippen LogP contribution in [0.5, 0.6) is 0 Å². The normalized spacial score (nSPS) is 19.4. The Morgan fingerprint density at radius 3 is 2.55 bits per heavy atom. The van der Waals surface area contributed by atoms with E-state index in [-0.39, 0.29) is 23.6 Å². The first-order chi connectivity index (χ1) is 13.8. The highest BCUT2D eigenvalue weighted by atomic mass is 32.2. The van der Waals surface area contributed by atoms with E-state index in [9.17, 15) is 18.0 Å². The molecule has 2 amide bonds. The van der Waals surface area contributed by atoms with Gasteiger partial charge in [0.2, 0.25) is 5.91 Å². The van der Waals surface area contributed by atoms with Crippen molar-refractivity contribution in [2.45, 2.75) is 50.5 Å². The van der Waals surface area contributed by atoms with Crippen molar-refractivity contribution < 1.29 is 18.0 Å². The van der Waals surface area contributed by atoms with Gasteiger partial charge in [-0.05, 0) is 68.0 Å². The van der Waals surface area contributed by atoms with E-state index in [4.69, 9.17) is 0 Å². The third-order valence-electron chi connectivity index (χ3n) is 5.86. The fraction of sp³-hybridized carbons (Fsp3) is 0.364. The smallest absolute Gasteiger partial charge is 0.267 e. The first-order valence-electron chi connectivity index (χ1n) is 9.84. The van der Waals surface area contributed by atoms with Crippen molar-refractivity contribution in [1.82, 2.24) is 4.31 Å². The SMILES string of the molecule is Cc1ccc(S(=O)(=O)N2C(=O)CC[C@H]2C(=O)N2CCCc3ccccc32)cc1C. The molecular formula is C22H24N2O4S. The van der Waals surface area contributed by atoms with Crippen molar-refractivity contribution in [2.24, 2.45) is 0 Å². The van der Waals surface area contributed by atoms with Crippen LogP contribution < -0.4 is 4.90 Å². The first-order valence-corrected chi connectivity index (χ1v) is 11.3.